The minimum atomic E-state index is -1.03. The Kier molecular flexibility index (Phi) is 8.28. The molecular weight excluding hydrogens is 419 g/mol. The molecule has 1 unspecified atom stereocenters. The molecule has 8 heteroatoms. The van der Waals surface area contributed by atoms with E-state index in [2.05, 4.69) is 0 Å². The van der Waals surface area contributed by atoms with Crippen LogP contribution in [0.2, 0.25) is 0 Å². The first-order chi connectivity index (χ1) is 15.8. The van der Waals surface area contributed by atoms with Gasteiger partial charge < -0.3 is 19.6 Å². The molecular formula is C25H31BN2O5. The predicted molar refractivity (Wildman–Crippen MR) is 127 cm³/mol. The molecule has 1 aliphatic heterocycles. The van der Waals surface area contributed by atoms with Crippen LogP contribution in [0.4, 0.5) is 0 Å². The Hall–Kier alpha value is -3.13. The van der Waals surface area contributed by atoms with Crippen LogP contribution in [0.1, 0.15) is 37.0 Å². The quantitative estimate of drug-likeness (QED) is 0.464. The zero-order valence-corrected chi connectivity index (χ0v) is 19.4. The average molecular weight is 450 g/mol. The van der Waals surface area contributed by atoms with E-state index in [4.69, 9.17) is 4.74 Å². The van der Waals surface area contributed by atoms with E-state index in [-0.39, 0.29) is 31.4 Å². The molecule has 0 saturated carbocycles. The molecule has 1 aliphatic rings. The van der Waals surface area contributed by atoms with Gasteiger partial charge in [0.15, 0.2) is 7.98 Å². The highest BCUT2D eigenvalue weighted by atomic mass is 16.5. The van der Waals surface area contributed by atoms with Gasteiger partial charge >= 0.3 is 11.9 Å². The van der Waals surface area contributed by atoms with Crippen molar-refractivity contribution in [2.75, 3.05) is 6.61 Å². The summed E-state index contributed by atoms with van der Waals surface area (Å²) in [5.41, 5.74) is 2.99. The molecule has 7 nitrogen and oxygen atoms in total. The molecule has 3 atom stereocenters. The fourth-order valence-corrected chi connectivity index (χ4v) is 4.33. The molecule has 1 heterocycles. The number of benzene rings is 2. The number of rotatable bonds is 9. The summed E-state index contributed by atoms with van der Waals surface area (Å²) in [5, 5.41) is 9.80. The number of amides is 1. The van der Waals surface area contributed by atoms with Crippen molar-refractivity contribution < 1.29 is 24.2 Å². The van der Waals surface area contributed by atoms with Gasteiger partial charge in [0.1, 0.15) is 6.04 Å². The van der Waals surface area contributed by atoms with Gasteiger partial charge in [0.25, 0.3) is 0 Å². The summed E-state index contributed by atoms with van der Waals surface area (Å²) in [7, 11) is 1.73. The van der Waals surface area contributed by atoms with Crippen molar-refractivity contribution in [3.05, 3.63) is 71.3 Å². The fourth-order valence-electron chi connectivity index (χ4n) is 4.33. The lowest BCUT2D eigenvalue weighted by Gasteiger charge is -2.39. The first-order valence-corrected chi connectivity index (χ1v) is 11.4. The SMILES string of the molecule is BN([C@@H](C)C(=O)N1Cc2ccccc2CC1C(=O)O)[C@@H](CCc1ccccc1)C(=O)OCC. The molecule has 2 aromatic carbocycles. The molecule has 0 radical (unpaired) electrons. The summed E-state index contributed by atoms with van der Waals surface area (Å²) in [6.45, 7) is 3.96. The van der Waals surface area contributed by atoms with Gasteiger partial charge in [0.2, 0.25) is 5.91 Å². The van der Waals surface area contributed by atoms with E-state index in [1.165, 1.54) is 4.90 Å². The topological polar surface area (TPSA) is 87.2 Å². The maximum absolute atomic E-state index is 13.5. The lowest BCUT2D eigenvalue weighted by atomic mass is 9.92. The van der Waals surface area contributed by atoms with Gasteiger partial charge in [-0.05, 0) is 43.4 Å². The Balaban J connectivity index is 1.79. The number of carbonyl (C=O) groups is 3. The van der Waals surface area contributed by atoms with E-state index in [1.807, 2.05) is 54.6 Å². The van der Waals surface area contributed by atoms with Crippen LogP contribution in [0.25, 0.3) is 0 Å². The van der Waals surface area contributed by atoms with E-state index in [0.717, 1.165) is 16.7 Å². The van der Waals surface area contributed by atoms with Crippen LogP contribution >= 0.6 is 0 Å². The second-order valence-corrected chi connectivity index (χ2v) is 8.43. The first kappa shape index (κ1) is 24.5. The number of aryl methyl sites for hydroxylation is 1. The van der Waals surface area contributed by atoms with Gasteiger partial charge in [0.05, 0.1) is 18.7 Å². The third-order valence-electron chi connectivity index (χ3n) is 6.38. The van der Waals surface area contributed by atoms with Crippen LogP contribution in [0, 0.1) is 0 Å². The van der Waals surface area contributed by atoms with Crippen LogP contribution in [-0.2, 0) is 38.5 Å². The van der Waals surface area contributed by atoms with E-state index in [9.17, 15) is 19.5 Å². The van der Waals surface area contributed by atoms with Crippen LogP contribution in [-0.4, -0.2) is 65.4 Å². The molecule has 174 valence electrons. The summed E-state index contributed by atoms with van der Waals surface area (Å²) in [6.07, 6.45) is 1.41. The molecule has 0 saturated heterocycles. The molecule has 0 spiro atoms. The maximum Gasteiger partial charge on any atom is 0.326 e. The lowest BCUT2D eigenvalue weighted by molar-refractivity contribution is -0.155. The molecule has 0 aliphatic carbocycles. The van der Waals surface area contributed by atoms with Crippen molar-refractivity contribution in [3.8, 4) is 0 Å². The number of carbonyl (C=O) groups excluding carboxylic acids is 2. The zero-order valence-electron chi connectivity index (χ0n) is 19.4. The molecule has 1 amide bonds. The molecule has 1 N–H and O–H groups in total. The molecule has 2 aromatic rings. The number of hydrogen-bond acceptors (Lipinski definition) is 5. The Labute approximate surface area is 195 Å². The number of carboxylic acids is 1. The fraction of sp³-hybridized carbons (Fsp3) is 0.400. The molecule has 33 heavy (non-hydrogen) atoms. The third-order valence-corrected chi connectivity index (χ3v) is 6.38. The van der Waals surface area contributed by atoms with Gasteiger partial charge in [-0.25, -0.2) is 4.79 Å². The van der Waals surface area contributed by atoms with Crippen molar-refractivity contribution in [3.63, 3.8) is 0 Å². The summed E-state index contributed by atoms with van der Waals surface area (Å²) in [6, 6.07) is 15.2. The highest BCUT2D eigenvalue weighted by molar-refractivity contribution is 6.09. The van der Waals surface area contributed by atoms with E-state index in [0.29, 0.717) is 12.8 Å². The Morgan fingerprint density at radius 2 is 1.76 bits per heavy atom. The Bertz CT molecular complexity index is 984. The highest BCUT2D eigenvalue weighted by Gasteiger charge is 2.39. The predicted octanol–water partition coefficient (Wildman–Crippen LogP) is 1.83. The number of nitrogens with zero attached hydrogens (tertiary/aromatic N) is 2. The molecule has 0 bridgehead atoms. The number of esters is 1. The van der Waals surface area contributed by atoms with E-state index >= 15 is 0 Å². The van der Waals surface area contributed by atoms with E-state index in [1.54, 1.807) is 26.6 Å². The van der Waals surface area contributed by atoms with Gasteiger partial charge in [-0.3, -0.25) is 9.59 Å². The monoisotopic (exact) mass is 450 g/mol. The minimum absolute atomic E-state index is 0.234. The smallest absolute Gasteiger partial charge is 0.326 e. The average Bonchev–Trinajstić information content (AvgIpc) is 2.83. The highest BCUT2D eigenvalue weighted by Crippen LogP contribution is 2.25. The van der Waals surface area contributed by atoms with Crippen molar-refractivity contribution in [2.24, 2.45) is 0 Å². The number of hydrogen-bond donors (Lipinski definition) is 1. The number of carboxylic acid groups (broad SMARTS) is 1. The summed E-state index contributed by atoms with van der Waals surface area (Å²) in [5.74, 6) is -1.72. The molecule has 3 rings (SSSR count). The standard InChI is InChI=1S/C25H31BN2O5/c1-3-33-25(32)21(14-13-18-9-5-4-6-10-18)28(26)17(2)23(29)27-16-20-12-8-7-11-19(20)15-22(27)24(30)31/h4-12,17,21-22H,3,13-16,26H2,1-2H3,(H,30,31)/t17-,21-,22?/m0/s1. The molecule has 0 aromatic heterocycles. The number of ether oxygens (including phenoxy) is 1. The van der Waals surface area contributed by atoms with Gasteiger partial charge in [0, 0.05) is 13.0 Å². The summed E-state index contributed by atoms with van der Waals surface area (Å²) >= 11 is 0. The van der Waals surface area contributed by atoms with Crippen LogP contribution in [0.15, 0.2) is 54.6 Å². The second-order valence-electron chi connectivity index (χ2n) is 8.43. The second kappa shape index (κ2) is 11.1. The van der Waals surface area contributed by atoms with Crippen molar-refractivity contribution >= 4 is 25.8 Å². The third kappa shape index (κ3) is 5.82. The largest absolute Gasteiger partial charge is 0.480 e. The van der Waals surface area contributed by atoms with Crippen LogP contribution in [0.3, 0.4) is 0 Å². The zero-order chi connectivity index (χ0) is 24.0. The van der Waals surface area contributed by atoms with Gasteiger partial charge in [-0.2, -0.15) is 0 Å². The maximum atomic E-state index is 13.5. The first-order valence-electron chi connectivity index (χ1n) is 11.4. The Morgan fingerprint density at radius 3 is 2.39 bits per heavy atom. The van der Waals surface area contributed by atoms with Gasteiger partial charge in [-0.15, -0.1) is 0 Å². The molecule has 0 fully saturated rings. The van der Waals surface area contributed by atoms with E-state index < -0.39 is 24.1 Å². The minimum Gasteiger partial charge on any atom is -0.480 e. The summed E-state index contributed by atoms with van der Waals surface area (Å²) in [4.78, 5) is 41.4. The van der Waals surface area contributed by atoms with Crippen molar-refractivity contribution in [1.29, 1.82) is 0 Å². The lowest BCUT2D eigenvalue weighted by Crippen LogP contribution is -2.57. The van der Waals surface area contributed by atoms with Crippen LogP contribution in [0.5, 0.6) is 0 Å². The normalized spacial score (nSPS) is 17.2. The number of fused-ring (bicyclic) bond motifs is 1. The van der Waals surface area contributed by atoms with Gasteiger partial charge in [-0.1, -0.05) is 54.6 Å². The van der Waals surface area contributed by atoms with Crippen molar-refractivity contribution in [2.45, 2.75) is 57.8 Å². The Morgan fingerprint density at radius 1 is 1.12 bits per heavy atom. The van der Waals surface area contributed by atoms with Crippen molar-refractivity contribution in [1.82, 2.24) is 9.71 Å². The van der Waals surface area contributed by atoms with Crippen LogP contribution < -0.4 is 0 Å². The number of aliphatic carboxylic acids is 1. The summed E-state index contributed by atoms with van der Waals surface area (Å²) < 4.78 is 5.30.